The molecule has 226 valence electrons. The molecule has 0 aromatic heterocycles. The molecule has 11 heteroatoms. The lowest BCUT2D eigenvalue weighted by molar-refractivity contribution is -0.148. The Morgan fingerprint density at radius 2 is 1.81 bits per heavy atom. The number of hydrogen-bond acceptors (Lipinski definition) is 6. The van der Waals surface area contributed by atoms with Gasteiger partial charge in [0.05, 0.1) is 19.1 Å². The number of nitrogens with two attached hydrogens (primary N) is 1. The lowest BCUT2D eigenvalue weighted by Gasteiger charge is -2.31. The zero-order chi connectivity index (χ0) is 30.9. The van der Waals surface area contributed by atoms with Gasteiger partial charge in [-0.1, -0.05) is 37.3 Å². The predicted molar refractivity (Wildman–Crippen MR) is 165 cm³/mol. The second-order valence-corrected chi connectivity index (χ2v) is 15.6. The van der Waals surface area contributed by atoms with Gasteiger partial charge in [0.1, 0.15) is 0 Å². The van der Waals surface area contributed by atoms with Crippen LogP contribution >= 0.6 is 0 Å². The topological polar surface area (TPSA) is 134 Å². The van der Waals surface area contributed by atoms with Gasteiger partial charge in [-0.15, -0.1) is 0 Å². The van der Waals surface area contributed by atoms with Crippen molar-refractivity contribution in [1.82, 2.24) is 4.90 Å². The van der Waals surface area contributed by atoms with Crippen LogP contribution in [0.15, 0.2) is 72.8 Å². The van der Waals surface area contributed by atoms with E-state index in [2.05, 4.69) is 10.6 Å². The Balaban J connectivity index is 1.44. The van der Waals surface area contributed by atoms with Crippen LogP contribution in [0.25, 0.3) is 0 Å². The lowest BCUT2D eigenvalue weighted by Crippen LogP contribution is -2.42. The van der Waals surface area contributed by atoms with Gasteiger partial charge in [0.2, 0.25) is 14.3 Å². The van der Waals surface area contributed by atoms with E-state index in [0.29, 0.717) is 28.2 Å². The standard InChI is InChI=1S/C32H37FN4O5Si/c1-20-29(43(2,3)33)27(18-28(39)37(15-16-38)19-21-7-5-4-6-8-21)42-32(20)25-17-24(13-14-26(25)36-31(32)41)35-30(40)22-9-11-23(34)12-10-22/h4-14,17,20,27,29,38H,15-16,18-19,34H2,1-3H3,(H,35,40)(H,36,41)/t20-,27+,29-,32+/m0/s1. The molecule has 2 heterocycles. The van der Waals surface area contributed by atoms with Crippen molar-refractivity contribution in [3.05, 3.63) is 89.5 Å². The zero-order valence-electron chi connectivity index (χ0n) is 24.5. The predicted octanol–water partition coefficient (Wildman–Crippen LogP) is 4.66. The summed E-state index contributed by atoms with van der Waals surface area (Å²) < 4.78 is 22.6. The van der Waals surface area contributed by atoms with Gasteiger partial charge in [-0.3, -0.25) is 14.4 Å². The highest BCUT2D eigenvalue weighted by Gasteiger charge is 2.65. The molecule has 2 aliphatic heterocycles. The fourth-order valence-electron chi connectivity index (χ4n) is 6.50. The first kappa shape index (κ1) is 30.4. The van der Waals surface area contributed by atoms with Crippen molar-refractivity contribution in [1.29, 1.82) is 0 Å². The van der Waals surface area contributed by atoms with E-state index < -0.39 is 37.5 Å². The van der Waals surface area contributed by atoms with Crippen molar-refractivity contribution >= 4 is 43.2 Å². The first-order valence-corrected chi connectivity index (χ1v) is 17.3. The number of anilines is 3. The minimum Gasteiger partial charge on any atom is -0.399 e. The van der Waals surface area contributed by atoms with Gasteiger partial charge in [0.15, 0.2) is 5.60 Å². The van der Waals surface area contributed by atoms with E-state index in [1.807, 2.05) is 30.3 Å². The number of carbonyl (C=O) groups excluding carboxylic acids is 3. The van der Waals surface area contributed by atoms with Crippen LogP contribution in [0.5, 0.6) is 0 Å². The van der Waals surface area contributed by atoms with E-state index in [1.54, 1.807) is 62.5 Å². The summed E-state index contributed by atoms with van der Waals surface area (Å²) in [6.45, 7) is 5.11. The molecule has 0 saturated carbocycles. The molecule has 0 bridgehead atoms. The Morgan fingerprint density at radius 1 is 1.12 bits per heavy atom. The smallest absolute Gasteiger partial charge is 0.261 e. The molecule has 0 aliphatic carbocycles. The molecule has 9 nitrogen and oxygen atoms in total. The molecule has 2 aliphatic rings. The SMILES string of the molecule is C[C@H]1[C@H]([Si](C)(C)F)[C@@H](CC(=O)N(CCO)Cc2ccccc2)O[C@]12C(=O)Nc1ccc(NC(=O)c3ccc(N)cc3)cc12. The zero-order valence-corrected chi connectivity index (χ0v) is 25.5. The Kier molecular flexibility index (Phi) is 8.42. The van der Waals surface area contributed by atoms with Crippen LogP contribution in [0.1, 0.15) is 34.8 Å². The summed E-state index contributed by atoms with van der Waals surface area (Å²) >= 11 is 0. The number of benzene rings is 3. The van der Waals surface area contributed by atoms with E-state index >= 15 is 4.11 Å². The van der Waals surface area contributed by atoms with Gasteiger partial charge >= 0.3 is 0 Å². The molecule has 0 unspecified atom stereocenters. The van der Waals surface area contributed by atoms with Crippen LogP contribution in [0.3, 0.4) is 0 Å². The van der Waals surface area contributed by atoms with Crippen LogP contribution in [0.4, 0.5) is 21.2 Å². The summed E-state index contributed by atoms with van der Waals surface area (Å²) in [7, 11) is -3.48. The van der Waals surface area contributed by atoms with Crippen LogP contribution < -0.4 is 16.4 Å². The third kappa shape index (κ3) is 5.92. The first-order chi connectivity index (χ1) is 20.4. The fourth-order valence-corrected chi connectivity index (χ4v) is 8.99. The molecule has 4 atom stereocenters. The molecule has 0 radical (unpaired) electrons. The molecule has 3 amide bonds. The molecule has 1 fully saturated rings. The number of nitrogens with zero attached hydrogens (tertiary/aromatic N) is 1. The average Bonchev–Trinajstić information content (AvgIpc) is 3.41. The number of fused-ring (bicyclic) bond motifs is 2. The van der Waals surface area contributed by atoms with Gasteiger partial charge < -0.3 is 35.2 Å². The summed E-state index contributed by atoms with van der Waals surface area (Å²) in [6, 6.07) is 21.0. The molecule has 1 spiro atoms. The van der Waals surface area contributed by atoms with E-state index in [-0.39, 0.29) is 37.9 Å². The third-order valence-electron chi connectivity index (χ3n) is 8.46. The number of hydrogen-bond donors (Lipinski definition) is 4. The van der Waals surface area contributed by atoms with E-state index in [0.717, 1.165) is 5.56 Å². The minimum atomic E-state index is -3.48. The molecule has 1 saturated heterocycles. The highest BCUT2D eigenvalue weighted by molar-refractivity contribution is 6.72. The van der Waals surface area contributed by atoms with Crippen LogP contribution in [-0.2, 0) is 26.5 Å². The second-order valence-electron chi connectivity index (χ2n) is 11.8. The van der Waals surface area contributed by atoms with Crippen LogP contribution in [0, 0.1) is 5.92 Å². The van der Waals surface area contributed by atoms with Crippen LogP contribution in [0.2, 0.25) is 18.6 Å². The summed E-state index contributed by atoms with van der Waals surface area (Å²) in [4.78, 5) is 41.7. The largest absolute Gasteiger partial charge is 0.399 e. The number of halogens is 1. The summed E-state index contributed by atoms with van der Waals surface area (Å²) in [5, 5.41) is 15.4. The van der Waals surface area contributed by atoms with Crippen molar-refractivity contribution in [2.24, 2.45) is 5.92 Å². The van der Waals surface area contributed by atoms with Gasteiger partial charge in [-0.2, -0.15) is 0 Å². The maximum Gasteiger partial charge on any atom is 0.261 e. The Labute approximate surface area is 251 Å². The van der Waals surface area contributed by atoms with Gasteiger partial charge in [-0.05, 0) is 61.1 Å². The van der Waals surface area contributed by atoms with Gasteiger partial charge in [0, 0.05) is 52.7 Å². The van der Waals surface area contributed by atoms with Crippen molar-refractivity contribution in [2.75, 3.05) is 29.5 Å². The second kappa shape index (κ2) is 11.9. The maximum atomic E-state index is 16.0. The van der Waals surface area contributed by atoms with E-state index in [9.17, 15) is 19.5 Å². The quantitative estimate of drug-likeness (QED) is 0.160. The number of nitrogens with one attached hydrogen (secondary N) is 2. The van der Waals surface area contributed by atoms with E-state index in [1.165, 1.54) is 4.90 Å². The summed E-state index contributed by atoms with van der Waals surface area (Å²) in [5.74, 6) is -1.67. The molecule has 43 heavy (non-hydrogen) atoms. The maximum absolute atomic E-state index is 16.0. The number of amides is 3. The first-order valence-electron chi connectivity index (χ1n) is 14.4. The molecule has 3 aromatic rings. The molecular formula is C32H37FN4O5Si. The number of nitrogen functional groups attached to an aromatic ring is 1. The number of rotatable bonds is 9. The minimum absolute atomic E-state index is 0.114. The summed E-state index contributed by atoms with van der Waals surface area (Å²) in [5.41, 5.74) is 6.83. The molecule has 5 N–H and O–H groups in total. The number of carbonyl (C=O) groups is 3. The monoisotopic (exact) mass is 604 g/mol. The molecule has 3 aromatic carbocycles. The fraction of sp³-hybridized carbons (Fsp3) is 0.344. The van der Waals surface area contributed by atoms with Crippen LogP contribution in [-0.4, -0.2) is 55.4 Å². The Hall–Kier alpha value is -4.06. The van der Waals surface area contributed by atoms with E-state index in [4.69, 9.17) is 10.5 Å². The molecule has 5 rings (SSSR count). The van der Waals surface area contributed by atoms with Crippen molar-refractivity contribution < 1.29 is 28.3 Å². The highest BCUT2D eigenvalue weighted by atomic mass is 28.4. The third-order valence-corrected chi connectivity index (χ3v) is 10.9. The van der Waals surface area contributed by atoms with Gasteiger partial charge in [-0.25, -0.2) is 0 Å². The number of aliphatic hydroxyl groups is 1. The normalized spacial score (nSPS) is 22.7. The average molecular weight is 605 g/mol. The lowest BCUT2D eigenvalue weighted by atomic mass is 9.82. The van der Waals surface area contributed by atoms with Crippen molar-refractivity contribution in [3.63, 3.8) is 0 Å². The summed E-state index contributed by atoms with van der Waals surface area (Å²) in [6.07, 6.45) is -1.00. The number of aliphatic hydroxyl groups excluding tert-OH is 1. The van der Waals surface area contributed by atoms with Crippen molar-refractivity contribution in [2.45, 2.75) is 50.2 Å². The molecular weight excluding hydrogens is 567 g/mol. The van der Waals surface area contributed by atoms with Gasteiger partial charge in [0.25, 0.3) is 11.8 Å². The Morgan fingerprint density at radius 3 is 2.47 bits per heavy atom. The van der Waals surface area contributed by atoms with Crippen molar-refractivity contribution in [3.8, 4) is 0 Å². The highest BCUT2D eigenvalue weighted by Crippen LogP contribution is 2.59. The Bertz CT molecular complexity index is 1510. The number of ether oxygens (including phenoxy) is 1.